The number of benzene rings is 1. The molecule has 0 saturated carbocycles. The third-order valence-corrected chi connectivity index (χ3v) is 6.35. The number of piperidine rings is 1. The number of rotatable bonds is 5. The van der Waals surface area contributed by atoms with Gasteiger partial charge in [-0.15, -0.1) is 0 Å². The van der Waals surface area contributed by atoms with Gasteiger partial charge in [0.25, 0.3) is 11.8 Å². The molecule has 3 amide bonds. The molecule has 170 valence electrons. The molecule has 1 N–H and O–H groups in total. The minimum atomic E-state index is -0.429. The molecular formula is C24H31N5O3. The van der Waals surface area contributed by atoms with Gasteiger partial charge in [-0.25, -0.2) is 0 Å². The number of aromatic nitrogens is 2. The van der Waals surface area contributed by atoms with Crippen LogP contribution in [0.15, 0.2) is 30.3 Å². The number of likely N-dealkylation sites (tertiary alicyclic amines) is 1. The number of nitrogens with one attached hydrogen (secondary N) is 1. The van der Waals surface area contributed by atoms with Crippen LogP contribution in [0.4, 0.5) is 0 Å². The van der Waals surface area contributed by atoms with Crippen molar-refractivity contribution in [3.05, 3.63) is 52.8 Å². The van der Waals surface area contributed by atoms with Gasteiger partial charge >= 0.3 is 0 Å². The summed E-state index contributed by atoms with van der Waals surface area (Å²) in [6.45, 7) is 7.38. The molecule has 0 atom stereocenters. The lowest BCUT2D eigenvalue weighted by Crippen LogP contribution is -2.43. The number of carbonyl (C=O) groups is 3. The fourth-order valence-electron chi connectivity index (χ4n) is 4.23. The molecule has 0 unspecified atom stereocenters. The third-order valence-electron chi connectivity index (χ3n) is 6.35. The summed E-state index contributed by atoms with van der Waals surface area (Å²) >= 11 is 0. The van der Waals surface area contributed by atoms with Gasteiger partial charge in [0.2, 0.25) is 5.91 Å². The fourth-order valence-corrected chi connectivity index (χ4v) is 4.23. The van der Waals surface area contributed by atoms with Crippen molar-refractivity contribution in [3.63, 3.8) is 0 Å². The molecule has 0 spiro atoms. The molecule has 0 radical (unpaired) electrons. The molecule has 1 saturated heterocycles. The maximum absolute atomic E-state index is 13.1. The van der Waals surface area contributed by atoms with E-state index in [0.717, 1.165) is 37.9 Å². The predicted molar refractivity (Wildman–Crippen MR) is 120 cm³/mol. The van der Waals surface area contributed by atoms with E-state index in [4.69, 9.17) is 0 Å². The second kappa shape index (κ2) is 9.54. The fraction of sp³-hybridized carbons (Fsp3) is 0.500. The van der Waals surface area contributed by atoms with Crippen LogP contribution in [0.3, 0.4) is 0 Å². The summed E-state index contributed by atoms with van der Waals surface area (Å²) in [6.07, 6.45) is 2.75. The van der Waals surface area contributed by atoms with Crippen molar-refractivity contribution in [2.75, 3.05) is 26.2 Å². The standard InChI is InChI=1S/C24H31N5O3/c1-17-4-6-19(7-5-17)16-28-10-3-11-29-21(24(28)32)14-20(26-29)23(31)25-15-22(30)27-12-8-18(2)9-13-27/h4-7,14,18H,3,8-13,15-16H2,1-2H3,(H,25,31). The van der Waals surface area contributed by atoms with Gasteiger partial charge in [-0.2, -0.15) is 5.10 Å². The highest BCUT2D eigenvalue weighted by Crippen LogP contribution is 2.18. The largest absolute Gasteiger partial charge is 0.342 e. The monoisotopic (exact) mass is 437 g/mol. The first-order valence-corrected chi connectivity index (χ1v) is 11.4. The van der Waals surface area contributed by atoms with E-state index in [1.165, 1.54) is 11.6 Å². The van der Waals surface area contributed by atoms with Crippen molar-refractivity contribution < 1.29 is 14.4 Å². The first kappa shape index (κ1) is 22.0. The highest BCUT2D eigenvalue weighted by Gasteiger charge is 2.27. The van der Waals surface area contributed by atoms with Crippen LogP contribution < -0.4 is 5.32 Å². The van der Waals surface area contributed by atoms with Crippen molar-refractivity contribution in [2.45, 2.75) is 46.2 Å². The lowest BCUT2D eigenvalue weighted by Gasteiger charge is -2.30. The summed E-state index contributed by atoms with van der Waals surface area (Å²) < 4.78 is 1.61. The van der Waals surface area contributed by atoms with Crippen LogP contribution in [0.25, 0.3) is 0 Å². The van der Waals surface area contributed by atoms with Crippen LogP contribution in [0.1, 0.15) is 58.3 Å². The highest BCUT2D eigenvalue weighted by molar-refractivity contribution is 5.99. The Morgan fingerprint density at radius 2 is 1.81 bits per heavy atom. The van der Waals surface area contributed by atoms with E-state index >= 15 is 0 Å². The molecule has 2 aliphatic rings. The molecule has 0 bridgehead atoms. The molecule has 2 aromatic rings. The molecule has 32 heavy (non-hydrogen) atoms. The maximum Gasteiger partial charge on any atom is 0.272 e. The zero-order chi connectivity index (χ0) is 22.7. The van der Waals surface area contributed by atoms with Gasteiger partial charge in [-0.05, 0) is 37.7 Å². The second-order valence-corrected chi connectivity index (χ2v) is 8.95. The van der Waals surface area contributed by atoms with Gasteiger partial charge in [0.1, 0.15) is 5.69 Å². The third kappa shape index (κ3) is 5.00. The van der Waals surface area contributed by atoms with Crippen molar-refractivity contribution in [1.82, 2.24) is 24.9 Å². The van der Waals surface area contributed by atoms with Crippen molar-refractivity contribution >= 4 is 17.7 Å². The minimum absolute atomic E-state index is 0.0527. The van der Waals surface area contributed by atoms with Crippen LogP contribution >= 0.6 is 0 Å². The van der Waals surface area contributed by atoms with E-state index in [0.29, 0.717) is 31.2 Å². The Balaban J connectivity index is 1.38. The van der Waals surface area contributed by atoms with Gasteiger partial charge in [-0.3, -0.25) is 19.1 Å². The number of aryl methyl sites for hydroxylation is 2. The predicted octanol–water partition coefficient (Wildman–Crippen LogP) is 2.23. The van der Waals surface area contributed by atoms with E-state index in [2.05, 4.69) is 17.3 Å². The average molecular weight is 438 g/mol. The molecule has 2 aliphatic heterocycles. The minimum Gasteiger partial charge on any atom is -0.342 e. The van der Waals surface area contributed by atoms with E-state index in [1.807, 2.05) is 31.2 Å². The van der Waals surface area contributed by atoms with Crippen LogP contribution in [0, 0.1) is 12.8 Å². The van der Waals surface area contributed by atoms with E-state index < -0.39 is 5.91 Å². The molecule has 0 aliphatic carbocycles. The van der Waals surface area contributed by atoms with Crippen LogP contribution in [-0.2, 0) is 17.9 Å². The van der Waals surface area contributed by atoms with Gasteiger partial charge in [-0.1, -0.05) is 36.8 Å². The molecule has 3 heterocycles. The Hall–Kier alpha value is -3.16. The zero-order valence-corrected chi connectivity index (χ0v) is 18.8. The lowest BCUT2D eigenvalue weighted by atomic mass is 9.99. The molecule has 1 fully saturated rings. The molecule has 8 heteroatoms. The van der Waals surface area contributed by atoms with Gasteiger partial charge < -0.3 is 15.1 Å². The summed E-state index contributed by atoms with van der Waals surface area (Å²) in [6, 6.07) is 9.68. The van der Waals surface area contributed by atoms with Gasteiger partial charge in [0, 0.05) is 38.8 Å². The quantitative estimate of drug-likeness (QED) is 0.777. The van der Waals surface area contributed by atoms with Crippen LogP contribution in [0.5, 0.6) is 0 Å². The normalized spacial score (nSPS) is 17.1. The number of amides is 3. The average Bonchev–Trinajstić information content (AvgIpc) is 3.16. The highest BCUT2D eigenvalue weighted by atomic mass is 16.2. The zero-order valence-electron chi connectivity index (χ0n) is 18.8. The van der Waals surface area contributed by atoms with Gasteiger partial charge in [0.15, 0.2) is 5.69 Å². The topological polar surface area (TPSA) is 87.5 Å². The Morgan fingerprint density at radius 3 is 2.53 bits per heavy atom. The summed E-state index contributed by atoms with van der Waals surface area (Å²) in [5, 5.41) is 7.02. The summed E-state index contributed by atoms with van der Waals surface area (Å²) in [7, 11) is 0. The summed E-state index contributed by atoms with van der Waals surface area (Å²) in [5.41, 5.74) is 2.83. The number of nitrogens with zero attached hydrogens (tertiary/aromatic N) is 4. The Bertz CT molecular complexity index is 990. The Morgan fingerprint density at radius 1 is 1.09 bits per heavy atom. The molecule has 4 rings (SSSR count). The number of hydrogen-bond donors (Lipinski definition) is 1. The first-order valence-electron chi connectivity index (χ1n) is 11.4. The smallest absolute Gasteiger partial charge is 0.272 e. The maximum atomic E-state index is 13.1. The SMILES string of the molecule is Cc1ccc(CN2CCCn3nc(C(=O)NCC(=O)N4CCC(C)CC4)cc3C2=O)cc1. The Kier molecular flexibility index (Phi) is 6.58. The van der Waals surface area contributed by atoms with Crippen LogP contribution in [0.2, 0.25) is 0 Å². The van der Waals surface area contributed by atoms with Crippen molar-refractivity contribution in [3.8, 4) is 0 Å². The molecule has 1 aromatic heterocycles. The second-order valence-electron chi connectivity index (χ2n) is 8.95. The summed E-state index contributed by atoms with van der Waals surface area (Å²) in [5.74, 6) is -0.000563. The van der Waals surface area contributed by atoms with Crippen molar-refractivity contribution in [1.29, 1.82) is 0 Å². The molecule has 8 nitrogen and oxygen atoms in total. The molecule has 1 aromatic carbocycles. The van der Waals surface area contributed by atoms with Crippen molar-refractivity contribution in [2.24, 2.45) is 5.92 Å². The lowest BCUT2D eigenvalue weighted by molar-refractivity contribution is -0.131. The number of hydrogen-bond acceptors (Lipinski definition) is 4. The van der Waals surface area contributed by atoms with E-state index in [-0.39, 0.29) is 24.1 Å². The summed E-state index contributed by atoms with van der Waals surface area (Å²) in [4.78, 5) is 41.7. The van der Waals surface area contributed by atoms with Crippen LogP contribution in [-0.4, -0.2) is 63.5 Å². The number of carbonyl (C=O) groups excluding carboxylic acids is 3. The number of fused-ring (bicyclic) bond motifs is 1. The first-order chi connectivity index (χ1) is 15.4. The van der Waals surface area contributed by atoms with Gasteiger partial charge in [0.05, 0.1) is 6.54 Å². The Labute approximate surface area is 188 Å². The molecular weight excluding hydrogens is 406 g/mol. The van der Waals surface area contributed by atoms with E-state index in [9.17, 15) is 14.4 Å². The van der Waals surface area contributed by atoms with E-state index in [1.54, 1.807) is 14.5 Å².